The van der Waals surface area contributed by atoms with Crippen LogP contribution in [0, 0.1) is 0 Å². The first-order chi connectivity index (χ1) is 8.61. The smallest absolute Gasteiger partial charge is 0.137 e. The Morgan fingerprint density at radius 1 is 1.33 bits per heavy atom. The molecule has 18 heavy (non-hydrogen) atoms. The molecule has 5 heteroatoms. The van der Waals surface area contributed by atoms with E-state index in [0.29, 0.717) is 27.6 Å². The monoisotopic (exact) mass is 264 g/mol. The summed E-state index contributed by atoms with van der Waals surface area (Å²) < 4.78 is 5.06. The fourth-order valence-electron chi connectivity index (χ4n) is 1.67. The van der Waals surface area contributed by atoms with Crippen LogP contribution in [0.1, 0.15) is 17.2 Å². The molecule has 1 unspecified atom stereocenters. The Morgan fingerprint density at radius 3 is 2.78 bits per heavy atom. The second kappa shape index (κ2) is 5.25. The Balaban J connectivity index is 2.37. The maximum absolute atomic E-state index is 10.3. The first-order valence-corrected chi connectivity index (χ1v) is 5.71. The minimum absolute atomic E-state index is 0.442. The molecule has 0 spiro atoms. The van der Waals surface area contributed by atoms with Gasteiger partial charge in [-0.3, -0.25) is 4.98 Å². The van der Waals surface area contributed by atoms with E-state index in [0.717, 1.165) is 0 Å². The van der Waals surface area contributed by atoms with Crippen LogP contribution in [-0.4, -0.2) is 17.2 Å². The van der Waals surface area contributed by atoms with Crippen LogP contribution in [-0.2, 0) is 0 Å². The minimum Gasteiger partial charge on any atom is -0.495 e. The first kappa shape index (κ1) is 12.7. The maximum atomic E-state index is 10.3. The molecule has 2 rings (SSSR count). The number of nitrogen functional groups attached to an aromatic ring is 1. The molecule has 0 radical (unpaired) electrons. The molecular weight excluding hydrogens is 252 g/mol. The highest BCUT2D eigenvalue weighted by Gasteiger charge is 2.14. The number of ether oxygens (including phenoxy) is 1. The van der Waals surface area contributed by atoms with Gasteiger partial charge >= 0.3 is 0 Å². The molecule has 0 amide bonds. The number of hydrogen-bond donors (Lipinski definition) is 2. The SMILES string of the molecule is COc1cncc(C(O)c2ccc(Cl)cc2N)c1. The fraction of sp³-hybridized carbons (Fsp3) is 0.154. The average molecular weight is 265 g/mol. The van der Waals surface area contributed by atoms with Gasteiger partial charge in [-0.2, -0.15) is 0 Å². The highest BCUT2D eigenvalue weighted by atomic mass is 35.5. The van der Waals surface area contributed by atoms with Crippen LogP contribution in [0.15, 0.2) is 36.7 Å². The highest BCUT2D eigenvalue weighted by molar-refractivity contribution is 6.30. The largest absolute Gasteiger partial charge is 0.495 e. The summed E-state index contributed by atoms with van der Waals surface area (Å²) in [7, 11) is 1.55. The standard InChI is InChI=1S/C13H13ClN2O2/c1-18-10-4-8(6-16-7-10)13(17)11-3-2-9(14)5-12(11)15/h2-7,13,17H,15H2,1H3. The van der Waals surface area contributed by atoms with E-state index in [1.165, 1.54) is 0 Å². The summed E-state index contributed by atoms with van der Waals surface area (Å²) in [6.07, 6.45) is 2.28. The van der Waals surface area contributed by atoms with Crippen LogP contribution in [0.2, 0.25) is 5.02 Å². The van der Waals surface area contributed by atoms with Crippen molar-refractivity contribution in [3.8, 4) is 5.75 Å². The zero-order chi connectivity index (χ0) is 13.1. The molecule has 1 aromatic carbocycles. The van der Waals surface area contributed by atoms with E-state index in [9.17, 15) is 5.11 Å². The van der Waals surface area contributed by atoms with Crippen molar-refractivity contribution in [2.75, 3.05) is 12.8 Å². The number of aromatic nitrogens is 1. The van der Waals surface area contributed by atoms with Gasteiger partial charge in [0, 0.05) is 28.0 Å². The third-order valence-electron chi connectivity index (χ3n) is 2.63. The minimum atomic E-state index is -0.857. The Labute approximate surface area is 110 Å². The van der Waals surface area contributed by atoms with Crippen molar-refractivity contribution >= 4 is 17.3 Å². The molecule has 0 aliphatic rings. The summed E-state index contributed by atoms with van der Waals surface area (Å²) in [5.41, 5.74) is 7.48. The summed E-state index contributed by atoms with van der Waals surface area (Å²) in [4.78, 5) is 4.00. The van der Waals surface area contributed by atoms with Crippen LogP contribution in [0.5, 0.6) is 5.75 Å². The molecule has 1 atom stereocenters. The Morgan fingerprint density at radius 2 is 2.11 bits per heavy atom. The second-order valence-corrected chi connectivity index (χ2v) is 4.27. The van der Waals surface area contributed by atoms with Crippen molar-refractivity contribution in [1.82, 2.24) is 4.98 Å². The van der Waals surface area contributed by atoms with Crippen molar-refractivity contribution in [3.05, 3.63) is 52.8 Å². The molecule has 0 saturated carbocycles. The average Bonchev–Trinajstić information content (AvgIpc) is 2.38. The topological polar surface area (TPSA) is 68.4 Å². The highest BCUT2D eigenvalue weighted by Crippen LogP contribution is 2.29. The van der Waals surface area contributed by atoms with Crippen LogP contribution < -0.4 is 10.5 Å². The summed E-state index contributed by atoms with van der Waals surface area (Å²) >= 11 is 5.82. The number of benzene rings is 1. The molecule has 0 bridgehead atoms. The quantitative estimate of drug-likeness (QED) is 0.836. The zero-order valence-electron chi connectivity index (χ0n) is 9.80. The number of nitrogens with zero attached hydrogens (tertiary/aromatic N) is 1. The molecule has 94 valence electrons. The number of methoxy groups -OCH3 is 1. The Bertz CT molecular complexity index is 560. The number of aliphatic hydroxyl groups is 1. The van der Waals surface area contributed by atoms with Gasteiger partial charge in [0.2, 0.25) is 0 Å². The van der Waals surface area contributed by atoms with Crippen molar-refractivity contribution in [1.29, 1.82) is 0 Å². The zero-order valence-corrected chi connectivity index (χ0v) is 10.6. The lowest BCUT2D eigenvalue weighted by molar-refractivity contribution is 0.220. The Hall–Kier alpha value is -1.78. The summed E-state index contributed by atoms with van der Waals surface area (Å²) in [5, 5.41) is 10.8. The van der Waals surface area contributed by atoms with Crippen LogP contribution in [0.25, 0.3) is 0 Å². The van der Waals surface area contributed by atoms with E-state index >= 15 is 0 Å². The van der Waals surface area contributed by atoms with Crippen molar-refractivity contribution in [2.24, 2.45) is 0 Å². The second-order valence-electron chi connectivity index (χ2n) is 3.83. The third kappa shape index (κ3) is 2.55. The molecule has 0 aliphatic heterocycles. The number of halogens is 1. The van der Waals surface area contributed by atoms with Crippen molar-refractivity contribution < 1.29 is 9.84 Å². The van der Waals surface area contributed by atoms with Gasteiger partial charge in [0.15, 0.2) is 0 Å². The fourth-order valence-corrected chi connectivity index (χ4v) is 1.85. The van der Waals surface area contributed by atoms with Crippen molar-refractivity contribution in [2.45, 2.75) is 6.10 Å². The van der Waals surface area contributed by atoms with Crippen molar-refractivity contribution in [3.63, 3.8) is 0 Å². The lowest BCUT2D eigenvalue weighted by Crippen LogP contribution is -2.04. The van der Waals surface area contributed by atoms with Gasteiger partial charge in [-0.05, 0) is 18.2 Å². The molecule has 1 aromatic heterocycles. The molecule has 3 N–H and O–H groups in total. The van der Waals surface area contributed by atoms with E-state index in [-0.39, 0.29) is 0 Å². The van der Waals surface area contributed by atoms with Gasteiger partial charge in [0.1, 0.15) is 11.9 Å². The number of aliphatic hydroxyl groups excluding tert-OH is 1. The molecule has 0 saturated heterocycles. The van der Waals surface area contributed by atoms with Gasteiger partial charge in [-0.1, -0.05) is 17.7 Å². The maximum Gasteiger partial charge on any atom is 0.137 e. The van der Waals surface area contributed by atoms with Gasteiger partial charge in [-0.25, -0.2) is 0 Å². The number of rotatable bonds is 3. The van der Waals surface area contributed by atoms with Gasteiger partial charge < -0.3 is 15.6 Å². The molecule has 0 aliphatic carbocycles. The molecule has 0 fully saturated rings. The van der Waals surface area contributed by atoms with Gasteiger partial charge in [-0.15, -0.1) is 0 Å². The normalized spacial score (nSPS) is 12.2. The Kier molecular flexibility index (Phi) is 3.69. The lowest BCUT2D eigenvalue weighted by atomic mass is 10.0. The predicted octanol–water partition coefficient (Wildman–Crippen LogP) is 2.41. The molecule has 4 nitrogen and oxygen atoms in total. The molecular formula is C13H13ClN2O2. The van der Waals surface area contributed by atoms with Gasteiger partial charge in [0.25, 0.3) is 0 Å². The van der Waals surface area contributed by atoms with Gasteiger partial charge in [0.05, 0.1) is 13.3 Å². The first-order valence-electron chi connectivity index (χ1n) is 5.33. The number of pyridine rings is 1. The van der Waals surface area contributed by atoms with E-state index in [2.05, 4.69) is 4.98 Å². The number of anilines is 1. The van der Waals surface area contributed by atoms with Crippen LogP contribution in [0.4, 0.5) is 5.69 Å². The van der Waals surface area contributed by atoms with E-state index in [1.54, 1.807) is 43.8 Å². The van der Waals surface area contributed by atoms with E-state index in [1.807, 2.05) is 0 Å². The van der Waals surface area contributed by atoms with E-state index in [4.69, 9.17) is 22.1 Å². The predicted molar refractivity (Wildman–Crippen MR) is 70.7 cm³/mol. The molecule has 2 aromatic rings. The summed E-state index contributed by atoms with van der Waals surface area (Å²) in [5.74, 6) is 0.582. The van der Waals surface area contributed by atoms with Crippen LogP contribution >= 0.6 is 11.6 Å². The summed E-state index contributed by atoms with van der Waals surface area (Å²) in [6, 6.07) is 6.70. The number of nitrogens with two attached hydrogens (primary N) is 1. The van der Waals surface area contributed by atoms with E-state index < -0.39 is 6.10 Å². The third-order valence-corrected chi connectivity index (χ3v) is 2.86. The van der Waals surface area contributed by atoms with Crippen LogP contribution in [0.3, 0.4) is 0 Å². The summed E-state index contributed by atoms with van der Waals surface area (Å²) in [6.45, 7) is 0. The molecule has 1 heterocycles. The lowest BCUT2D eigenvalue weighted by Gasteiger charge is -2.14. The number of hydrogen-bond acceptors (Lipinski definition) is 4.